The highest BCUT2D eigenvalue weighted by molar-refractivity contribution is 7.13. The summed E-state index contributed by atoms with van der Waals surface area (Å²) in [6, 6.07) is 8.00. The molecule has 1 N–H and O–H groups in total. The maximum absolute atomic E-state index is 5.60. The number of aromatic nitrogens is 1. The Morgan fingerprint density at radius 2 is 2.24 bits per heavy atom. The minimum Gasteiger partial charge on any atom is -0.348 e. The van der Waals surface area contributed by atoms with Crippen LogP contribution < -0.4 is 5.43 Å². The highest BCUT2D eigenvalue weighted by Crippen LogP contribution is 2.23. The second kappa shape index (κ2) is 6.80. The number of rotatable bonds is 4. The van der Waals surface area contributed by atoms with Gasteiger partial charge in [0.15, 0.2) is 6.29 Å². The van der Waals surface area contributed by atoms with Gasteiger partial charge < -0.3 is 9.47 Å². The molecule has 0 saturated carbocycles. The van der Waals surface area contributed by atoms with Gasteiger partial charge in [0.2, 0.25) is 5.13 Å². The standard InChI is InChI=1S/C15H17N3O2S/c1-11-10-21-15(17-11)18-16-9-12-4-2-5-13(8-12)14-19-6-3-7-20-14/h2,4-5,8-10,14H,3,6-7H2,1H3,(H,17,18). The topological polar surface area (TPSA) is 55.7 Å². The molecular formula is C15H17N3O2S. The Bertz CT molecular complexity index is 621. The van der Waals surface area contributed by atoms with Crippen molar-refractivity contribution in [3.05, 3.63) is 46.5 Å². The highest BCUT2D eigenvalue weighted by atomic mass is 32.1. The van der Waals surface area contributed by atoms with Gasteiger partial charge in [-0.15, -0.1) is 11.3 Å². The van der Waals surface area contributed by atoms with Gasteiger partial charge in [-0.05, 0) is 25.0 Å². The first kappa shape index (κ1) is 14.2. The van der Waals surface area contributed by atoms with E-state index in [1.807, 2.05) is 36.6 Å². The Labute approximate surface area is 127 Å². The molecule has 0 unspecified atom stereocenters. The first-order chi connectivity index (χ1) is 10.3. The largest absolute Gasteiger partial charge is 0.348 e. The van der Waals surface area contributed by atoms with Crippen molar-refractivity contribution in [1.29, 1.82) is 0 Å². The summed E-state index contributed by atoms with van der Waals surface area (Å²) in [5, 5.41) is 6.98. The van der Waals surface area contributed by atoms with Crippen LogP contribution in [0.3, 0.4) is 0 Å². The first-order valence-electron chi connectivity index (χ1n) is 6.85. The summed E-state index contributed by atoms with van der Waals surface area (Å²) in [5.41, 5.74) is 5.93. The van der Waals surface area contributed by atoms with Crippen LogP contribution in [0.5, 0.6) is 0 Å². The Hall–Kier alpha value is -1.76. The van der Waals surface area contributed by atoms with Gasteiger partial charge in [-0.1, -0.05) is 18.2 Å². The van der Waals surface area contributed by atoms with Crippen LogP contribution in [0.4, 0.5) is 5.13 Å². The van der Waals surface area contributed by atoms with Crippen LogP contribution >= 0.6 is 11.3 Å². The van der Waals surface area contributed by atoms with E-state index in [-0.39, 0.29) is 6.29 Å². The molecular weight excluding hydrogens is 286 g/mol. The lowest BCUT2D eigenvalue weighted by Gasteiger charge is -2.23. The molecule has 1 fully saturated rings. The zero-order valence-corrected chi connectivity index (χ0v) is 12.6. The zero-order valence-electron chi connectivity index (χ0n) is 11.8. The third-order valence-corrected chi connectivity index (χ3v) is 3.87. The lowest BCUT2D eigenvalue weighted by Crippen LogP contribution is -2.17. The summed E-state index contributed by atoms with van der Waals surface area (Å²) in [6.07, 6.45) is 2.46. The molecule has 110 valence electrons. The van der Waals surface area contributed by atoms with E-state index in [0.29, 0.717) is 0 Å². The van der Waals surface area contributed by atoms with Crippen molar-refractivity contribution >= 4 is 22.7 Å². The first-order valence-corrected chi connectivity index (χ1v) is 7.73. The van der Waals surface area contributed by atoms with Gasteiger partial charge in [-0.3, -0.25) is 5.43 Å². The number of nitrogens with zero attached hydrogens (tertiary/aromatic N) is 2. The van der Waals surface area contributed by atoms with Crippen LogP contribution in [0.15, 0.2) is 34.7 Å². The molecule has 0 bridgehead atoms. The van der Waals surface area contributed by atoms with E-state index in [1.165, 1.54) is 11.3 Å². The molecule has 2 heterocycles. The number of hydrazone groups is 1. The lowest BCUT2D eigenvalue weighted by atomic mass is 10.1. The minimum atomic E-state index is -0.262. The van der Waals surface area contributed by atoms with Gasteiger partial charge in [0.25, 0.3) is 0 Å². The van der Waals surface area contributed by atoms with Crippen molar-refractivity contribution < 1.29 is 9.47 Å². The van der Waals surface area contributed by atoms with E-state index in [0.717, 1.165) is 41.6 Å². The summed E-state index contributed by atoms with van der Waals surface area (Å²) >= 11 is 1.53. The van der Waals surface area contributed by atoms with Crippen molar-refractivity contribution in [2.75, 3.05) is 18.6 Å². The predicted octanol–water partition coefficient (Wildman–Crippen LogP) is 3.33. The fourth-order valence-corrected chi connectivity index (χ4v) is 2.67. The molecule has 6 heteroatoms. The highest BCUT2D eigenvalue weighted by Gasteiger charge is 2.16. The molecule has 1 aromatic carbocycles. The monoisotopic (exact) mass is 303 g/mol. The van der Waals surface area contributed by atoms with Crippen molar-refractivity contribution in [3.8, 4) is 0 Å². The number of nitrogens with one attached hydrogen (secondary N) is 1. The molecule has 1 aliphatic rings. The van der Waals surface area contributed by atoms with Crippen LogP contribution in [0.25, 0.3) is 0 Å². The average Bonchev–Trinajstić information content (AvgIpc) is 2.94. The molecule has 0 amide bonds. The molecule has 0 atom stereocenters. The molecule has 0 spiro atoms. The van der Waals surface area contributed by atoms with E-state index in [4.69, 9.17) is 9.47 Å². The van der Waals surface area contributed by atoms with E-state index in [2.05, 4.69) is 15.5 Å². The van der Waals surface area contributed by atoms with E-state index in [1.54, 1.807) is 6.21 Å². The number of ether oxygens (including phenoxy) is 2. The fourth-order valence-electron chi connectivity index (χ4n) is 2.03. The molecule has 5 nitrogen and oxygen atoms in total. The Balaban J connectivity index is 1.65. The van der Waals surface area contributed by atoms with Gasteiger partial charge in [-0.25, -0.2) is 4.98 Å². The molecule has 0 aliphatic carbocycles. The SMILES string of the molecule is Cc1csc(NN=Cc2cccc(C3OCCCO3)c2)n1. The molecule has 1 saturated heterocycles. The molecule has 1 aliphatic heterocycles. The number of aryl methyl sites for hydroxylation is 1. The van der Waals surface area contributed by atoms with Gasteiger partial charge in [0.05, 0.1) is 25.1 Å². The zero-order chi connectivity index (χ0) is 14.5. The van der Waals surface area contributed by atoms with Gasteiger partial charge >= 0.3 is 0 Å². The summed E-state index contributed by atoms with van der Waals surface area (Å²) < 4.78 is 11.2. The summed E-state index contributed by atoms with van der Waals surface area (Å²) in [7, 11) is 0. The maximum Gasteiger partial charge on any atom is 0.203 e. The van der Waals surface area contributed by atoms with Crippen LogP contribution in [0.2, 0.25) is 0 Å². The summed E-state index contributed by atoms with van der Waals surface area (Å²) in [5.74, 6) is 0. The third-order valence-electron chi connectivity index (χ3n) is 3.00. The van der Waals surface area contributed by atoms with Crippen LogP contribution in [0, 0.1) is 6.92 Å². The average molecular weight is 303 g/mol. The molecule has 3 rings (SSSR count). The summed E-state index contributed by atoms with van der Waals surface area (Å²) in [6.45, 7) is 3.45. The normalized spacial score (nSPS) is 16.4. The van der Waals surface area contributed by atoms with Crippen LogP contribution in [0.1, 0.15) is 29.5 Å². The Kier molecular flexibility index (Phi) is 4.59. The van der Waals surface area contributed by atoms with Gasteiger partial charge in [0.1, 0.15) is 0 Å². The van der Waals surface area contributed by atoms with Crippen LogP contribution in [-0.2, 0) is 9.47 Å². The van der Waals surface area contributed by atoms with Crippen LogP contribution in [-0.4, -0.2) is 24.4 Å². The fraction of sp³-hybridized carbons (Fsp3) is 0.333. The summed E-state index contributed by atoms with van der Waals surface area (Å²) in [4.78, 5) is 4.29. The third kappa shape index (κ3) is 3.87. The van der Waals surface area contributed by atoms with Gasteiger partial charge in [0, 0.05) is 10.9 Å². The second-order valence-electron chi connectivity index (χ2n) is 4.76. The maximum atomic E-state index is 5.60. The number of anilines is 1. The van der Waals surface area contributed by atoms with Crippen molar-refractivity contribution in [3.63, 3.8) is 0 Å². The Morgan fingerprint density at radius 1 is 1.38 bits per heavy atom. The quantitative estimate of drug-likeness (QED) is 0.695. The molecule has 1 aromatic heterocycles. The van der Waals surface area contributed by atoms with Crippen molar-refractivity contribution in [2.45, 2.75) is 19.6 Å². The van der Waals surface area contributed by atoms with E-state index in [9.17, 15) is 0 Å². The van der Waals surface area contributed by atoms with Crippen molar-refractivity contribution in [2.24, 2.45) is 5.10 Å². The number of thiazole rings is 1. The van der Waals surface area contributed by atoms with E-state index >= 15 is 0 Å². The number of hydrogen-bond acceptors (Lipinski definition) is 6. The molecule has 0 radical (unpaired) electrons. The molecule has 21 heavy (non-hydrogen) atoms. The van der Waals surface area contributed by atoms with Crippen molar-refractivity contribution in [1.82, 2.24) is 4.98 Å². The van der Waals surface area contributed by atoms with E-state index < -0.39 is 0 Å². The Morgan fingerprint density at radius 3 is 3.00 bits per heavy atom. The number of benzene rings is 1. The minimum absolute atomic E-state index is 0.262. The number of hydrogen-bond donors (Lipinski definition) is 1. The lowest BCUT2D eigenvalue weighted by molar-refractivity contribution is -0.183. The second-order valence-corrected chi connectivity index (χ2v) is 5.62. The predicted molar refractivity (Wildman–Crippen MR) is 83.8 cm³/mol. The van der Waals surface area contributed by atoms with Gasteiger partial charge in [-0.2, -0.15) is 5.10 Å². The smallest absolute Gasteiger partial charge is 0.203 e. The molecule has 2 aromatic rings.